The molecule has 2 N–H and O–H groups in total. The van der Waals surface area contributed by atoms with Crippen LogP contribution in [0.5, 0.6) is 0 Å². The third-order valence-corrected chi connectivity index (χ3v) is 5.91. The van der Waals surface area contributed by atoms with Crippen LogP contribution < -0.4 is 10.6 Å². The Morgan fingerprint density at radius 2 is 1.85 bits per heavy atom. The maximum Gasteiger partial charge on any atom is 0.319 e. The number of rotatable bonds is 5. The molecule has 1 aromatic carbocycles. The zero-order valence-electron chi connectivity index (χ0n) is 15.7. The van der Waals surface area contributed by atoms with Gasteiger partial charge in [0.25, 0.3) is 0 Å². The molecule has 0 aliphatic heterocycles. The molecule has 0 aliphatic carbocycles. The lowest BCUT2D eigenvalue weighted by Crippen LogP contribution is -2.32. The van der Waals surface area contributed by atoms with Crippen LogP contribution in [-0.2, 0) is 6.42 Å². The molecule has 3 aromatic rings. The summed E-state index contributed by atoms with van der Waals surface area (Å²) in [7, 11) is 0. The lowest BCUT2D eigenvalue weighted by molar-refractivity contribution is 0.249. The minimum Gasteiger partial charge on any atom is -0.331 e. The molecule has 1 atom stereocenters. The van der Waals surface area contributed by atoms with Gasteiger partial charge in [0.15, 0.2) is 0 Å². The number of para-hydroxylation sites is 1. The Labute approximate surface area is 158 Å². The number of amides is 2. The Morgan fingerprint density at radius 3 is 2.54 bits per heavy atom. The molecular formula is C21H25N3OS. The molecule has 0 fully saturated rings. The quantitative estimate of drug-likeness (QED) is 0.606. The second kappa shape index (κ2) is 7.79. The van der Waals surface area contributed by atoms with Crippen molar-refractivity contribution in [1.29, 1.82) is 0 Å². The molecule has 0 radical (unpaired) electrons. The number of hydrogen-bond donors (Lipinski definition) is 2. The van der Waals surface area contributed by atoms with E-state index in [1.54, 1.807) is 11.3 Å². The van der Waals surface area contributed by atoms with Gasteiger partial charge in [-0.05, 0) is 56.5 Å². The van der Waals surface area contributed by atoms with E-state index in [1.807, 2.05) is 55.7 Å². The highest BCUT2D eigenvalue weighted by Crippen LogP contribution is 2.35. The number of thiophene rings is 1. The summed E-state index contributed by atoms with van der Waals surface area (Å²) >= 11 is 1.76. The maximum atomic E-state index is 12.6. The van der Waals surface area contributed by atoms with Crippen molar-refractivity contribution in [2.75, 3.05) is 5.32 Å². The largest absolute Gasteiger partial charge is 0.331 e. The summed E-state index contributed by atoms with van der Waals surface area (Å²) in [5.41, 5.74) is 4.40. The van der Waals surface area contributed by atoms with E-state index in [9.17, 15) is 4.79 Å². The molecule has 0 spiro atoms. The van der Waals surface area contributed by atoms with Crippen LogP contribution >= 0.6 is 11.3 Å². The van der Waals surface area contributed by atoms with Crippen LogP contribution in [-0.4, -0.2) is 10.6 Å². The second-order valence-electron chi connectivity index (χ2n) is 6.42. The summed E-state index contributed by atoms with van der Waals surface area (Å²) in [5, 5.41) is 7.24. The third-order valence-electron chi connectivity index (χ3n) is 4.68. The van der Waals surface area contributed by atoms with Crippen molar-refractivity contribution in [3.05, 3.63) is 70.4 Å². The fourth-order valence-corrected chi connectivity index (χ4v) is 4.40. The number of urea groups is 1. The van der Waals surface area contributed by atoms with Crippen molar-refractivity contribution >= 4 is 23.1 Å². The van der Waals surface area contributed by atoms with E-state index >= 15 is 0 Å². The summed E-state index contributed by atoms with van der Waals surface area (Å²) in [5.74, 6) is 0. The third kappa shape index (κ3) is 3.68. The van der Waals surface area contributed by atoms with Crippen molar-refractivity contribution in [1.82, 2.24) is 9.88 Å². The van der Waals surface area contributed by atoms with Crippen LogP contribution in [0, 0.1) is 13.8 Å². The molecule has 4 nitrogen and oxygen atoms in total. The van der Waals surface area contributed by atoms with E-state index in [4.69, 9.17) is 0 Å². The number of nitrogens with one attached hydrogen (secondary N) is 2. The van der Waals surface area contributed by atoms with Gasteiger partial charge in [0.05, 0.1) is 6.04 Å². The molecule has 3 rings (SSSR count). The van der Waals surface area contributed by atoms with Crippen LogP contribution in [0.4, 0.5) is 10.5 Å². The Morgan fingerprint density at radius 1 is 1.15 bits per heavy atom. The monoisotopic (exact) mass is 367 g/mol. The van der Waals surface area contributed by atoms with Gasteiger partial charge in [0.1, 0.15) is 5.00 Å². The number of aromatic nitrogens is 1. The zero-order valence-corrected chi connectivity index (χ0v) is 16.5. The number of carbonyl (C=O) groups excluding carboxylic acids is 1. The predicted octanol–water partition coefficient (Wildman–Crippen LogP) is 5.60. The summed E-state index contributed by atoms with van der Waals surface area (Å²) in [4.78, 5) is 13.8. The summed E-state index contributed by atoms with van der Waals surface area (Å²) in [6.45, 7) is 8.37. The number of hydrogen-bond acceptors (Lipinski definition) is 2. The number of benzene rings is 1. The van der Waals surface area contributed by atoms with E-state index in [2.05, 4.69) is 36.0 Å². The lowest BCUT2D eigenvalue weighted by atomic mass is 10.1. The van der Waals surface area contributed by atoms with E-state index in [1.165, 1.54) is 16.0 Å². The second-order valence-corrected chi connectivity index (χ2v) is 7.63. The van der Waals surface area contributed by atoms with Gasteiger partial charge in [-0.3, -0.25) is 0 Å². The molecule has 26 heavy (non-hydrogen) atoms. The van der Waals surface area contributed by atoms with Gasteiger partial charge in [-0.2, -0.15) is 0 Å². The molecule has 2 aromatic heterocycles. The highest BCUT2D eigenvalue weighted by atomic mass is 32.1. The summed E-state index contributed by atoms with van der Waals surface area (Å²) in [6.07, 6.45) is 4.96. The SMILES string of the molecule is CCc1ccccc1NC(=O)NC(C)c1c(-n2cccc2)sc(C)c1C. The number of nitrogens with zero attached hydrogens (tertiary/aromatic N) is 1. The van der Waals surface area contributed by atoms with Crippen molar-refractivity contribution in [2.45, 2.75) is 40.2 Å². The van der Waals surface area contributed by atoms with Gasteiger partial charge in [0, 0.05) is 28.5 Å². The predicted molar refractivity (Wildman–Crippen MR) is 110 cm³/mol. The highest BCUT2D eigenvalue weighted by Gasteiger charge is 2.21. The first-order valence-corrected chi connectivity index (χ1v) is 9.71. The minimum absolute atomic E-state index is 0.0915. The minimum atomic E-state index is -0.180. The van der Waals surface area contributed by atoms with E-state index < -0.39 is 0 Å². The smallest absolute Gasteiger partial charge is 0.319 e. The molecular weight excluding hydrogens is 342 g/mol. The van der Waals surface area contributed by atoms with E-state index in [0.717, 1.165) is 22.7 Å². The first-order chi connectivity index (χ1) is 12.5. The average Bonchev–Trinajstić information content (AvgIpc) is 3.24. The van der Waals surface area contributed by atoms with Crippen LogP contribution in [0.25, 0.3) is 5.00 Å². The van der Waals surface area contributed by atoms with E-state index in [-0.39, 0.29) is 12.1 Å². The summed E-state index contributed by atoms with van der Waals surface area (Å²) < 4.78 is 2.11. The molecule has 5 heteroatoms. The Bertz CT molecular complexity index is 896. The fourth-order valence-electron chi connectivity index (χ4n) is 3.18. The van der Waals surface area contributed by atoms with Crippen LogP contribution in [0.3, 0.4) is 0 Å². The Balaban J connectivity index is 1.80. The fraction of sp³-hybridized carbons (Fsp3) is 0.286. The van der Waals surface area contributed by atoms with Crippen molar-refractivity contribution < 1.29 is 4.79 Å². The lowest BCUT2D eigenvalue weighted by Gasteiger charge is -2.18. The van der Waals surface area contributed by atoms with Gasteiger partial charge in [0.2, 0.25) is 0 Å². The Kier molecular flexibility index (Phi) is 5.47. The Hall–Kier alpha value is -2.53. The number of aryl methyl sites for hydroxylation is 2. The molecule has 2 heterocycles. The first kappa shape index (κ1) is 18.3. The molecule has 0 aliphatic rings. The number of carbonyl (C=O) groups is 1. The molecule has 2 amide bonds. The van der Waals surface area contributed by atoms with Crippen molar-refractivity contribution in [3.63, 3.8) is 0 Å². The topological polar surface area (TPSA) is 46.1 Å². The van der Waals surface area contributed by atoms with Gasteiger partial charge in [-0.1, -0.05) is 25.1 Å². The molecule has 0 bridgehead atoms. The van der Waals surface area contributed by atoms with Gasteiger partial charge < -0.3 is 15.2 Å². The maximum absolute atomic E-state index is 12.6. The van der Waals surface area contributed by atoms with Crippen LogP contribution in [0.15, 0.2) is 48.8 Å². The van der Waals surface area contributed by atoms with Gasteiger partial charge in [-0.15, -0.1) is 11.3 Å². The zero-order chi connectivity index (χ0) is 18.7. The van der Waals surface area contributed by atoms with Crippen LogP contribution in [0.2, 0.25) is 0 Å². The highest BCUT2D eigenvalue weighted by molar-refractivity contribution is 7.14. The molecule has 136 valence electrons. The van der Waals surface area contributed by atoms with Crippen molar-refractivity contribution in [2.24, 2.45) is 0 Å². The first-order valence-electron chi connectivity index (χ1n) is 8.90. The summed E-state index contributed by atoms with van der Waals surface area (Å²) in [6, 6.07) is 11.7. The normalized spacial score (nSPS) is 12.0. The van der Waals surface area contributed by atoms with Crippen LogP contribution in [0.1, 0.15) is 41.5 Å². The average molecular weight is 368 g/mol. The van der Waals surface area contributed by atoms with Gasteiger partial charge >= 0.3 is 6.03 Å². The molecule has 0 saturated heterocycles. The van der Waals surface area contributed by atoms with Crippen molar-refractivity contribution in [3.8, 4) is 5.00 Å². The van der Waals surface area contributed by atoms with E-state index in [0.29, 0.717) is 0 Å². The standard InChI is InChI=1S/C21H25N3OS/c1-5-17-10-6-7-11-18(17)23-21(25)22-15(3)19-14(2)16(4)26-20(19)24-12-8-9-13-24/h6-13,15H,5H2,1-4H3,(H2,22,23,25). The molecule has 1 unspecified atom stereocenters. The molecule has 0 saturated carbocycles. The van der Waals surface area contributed by atoms with Gasteiger partial charge in [-0.25, -0.2) is 4.79 Å². The number of anilines is 1.